The number of hydrogen-bond acceptors (Lipinski definition) is 8. The van der Waals surface area contributed by atoms with Crippen molar-refractivity contribution in [3.63, 3.8) is 0 Å². The maximum absolute atomic E-state index is 12.3. The summed E-state index contributed by atoms with van der Waals surface area (Å²) in [7, 11) is 1.88. The molecule has 1 saturated heterocycles. The van der Waals surface area contributed by atoms with Gasteiger partial charge >= 0.3 is 6.09 Å². The predicted molar refractivity (Wildman–Crippen MR) is 147 cm³/mol. The van der Waals surface area contributed by atoms with Crippen molar-refractivity contribution in [2.75, 3.05) is 43.0 Å². The largest absolute Gasteiger partial charge is 0.444 e. The van der Waals surface area contributed by atoms with E-state index in [9.17, 15) is 14.9 Å². The van der Waals surface area contributed by atoms with E-state index in [0.717, 1.165) is 11.4 Å². The zero-order valence-corrected chi connectivity index (χ0v) is 22.5. The zero-order valence-electron chi connectivity index (χ0n) is 21.8. The van der Waals surface area contributed by atoms with Crippen molar-refractivity contribution >= 4 is 40.6 Å². The van der Waals surface area contributed by atoms with E-state index in [0.29, 0.717) is 32.0 Å². The van der Waals surface area contributed by atoms with Gasteiger partial charge in [0.05, 0.1) is 11.0 Å². The van der Waals surface area contributed by atoms with Crippen molar-refractivity contribution in [3.05, 3.63) is 75.8 Å². The van der Waals surface area contributed by atoms with Crippen LogP contribution >= 0.6 is 11.6 Å². The minimum Gasteiger partial charge on any atom is -0.444 e. The molecule has 1 amide bonds. The molecule has 0 N–H and O–H groups in total. The number of amides is 1. The molecule has 1 aliphatic rings. The second-order valence-corrected chi connectivity index (χ2v) is 10.3. The van der Waals surface area contributed by atoms with Gasteiger partial charge in [-0.1, -0.05) is 17.7 Å². The summed E-state index contributed by atoms with van der Waals surface area (Å²) >= 11 is 6.29. The second-order valence-electron chi connectivity index (χ2n) is 9.84. The van der Waals surface area contributed by atoms with Gasteiger partial charge in [-0.15, -0.1) is 0 Å². The normalized spacial score (nSPS) is 13.7. The first-order valence-corrected chi connectivity index (χ1v) is 12.5. The topological polar surface area (TPSA) is 101 Å². The fourth-order valence-corrected chi connectivity index (χ4v) is 4.08. The van der Waals surface area contributed by atoms with Gasteiger partial charge in [-0.05, 0) is 63.2 Å². The Morgan fingerprint density at radius 3 is 2.37 bits per heavy atom. The van der Waals surface area contributed by atoms with Gasteiger partial charge in [0.1, 0.15) is 22.2 Å². The monoisotopic (exact) mass is 539 g/mol. The van der Waals surface area contributed by atoms with Gasteiger partial charge in [-0.3, -0.25) is 10.1 Å². The first-order chi connectivity index (χ1) is 18.0. The quantitative estimate of drug-likeness (QED) is 0.267. The molecule has 2 heterocycles. The Labute approximate surface area is 226 Å². The minimum atomic E-state index is -0.510. The lowest BCUT2D eigenvalue weighted by atomic mass is 10.2. The summed E-state index contributed by atoms with van der Waals surface area (Å²) in [6, 6.07) is 17.3. The van der Waals surface area contributed by atoms with Crippen molar-refractivity contribution < 1.29 is 19.2 Å². The Hall–Kier alpha value is -4.05. The number of hydrogen-bond donors (Lipinski definition) is 0. The lowest BCUT2D eigenvalue weighted by Gasteiger charge is -2.36. The third-order valence-corrected chi connectivity index (χ3v) is 6.21. The number of nitrogens with zero attached hydrogens (tertiary/aromatic N) is 5. The Kier molecular flexibility index (Phi) is 7.91. The molecule has 0 bridgehead atoms. The molecule has 200 valence electrons. The highest BCUT2D eigenvalue weighted by molar-refractivity contribution is 6.31. The number of non-ortho nitro benzene ring substituents is 1. The van der Waals surface area contributed by atoms with E-state index in [4.69, 9.17) is 21.1 Å². The number of ether oxygens (including phenoxy) is 2. The van der Waals surface area contributed by atoms with Gasteiger partial charge in [0, 0.05) is 50.7 Å². The maximum Gasteiger partial charge on any atom is 0.410 e. The third kappa shape index (κ3) is 6.63. The molecule has 0 spiro atoms. The number of nitro benzene ring substituents is 1. The molecule has 1 aliphatic heterocycles. The van der Waals surface area contributed by atoms with E-state index < -0.39 is 10.5 Å². The molecule has 1 aromatic heterocycles. The number of carbonyl (C=O) groups excluding carboxylic acids is 1. The number of pyridine rings is 1. The molecule has 3 aromatic rings. The van der Waals surface area contributed by atoms with E-state index >= 15 is 0 Å². The van der Waals surface area contributed by atoms with E-state index in [1.54, 1.807) is 23.1 Å². The average Bonchev–Trinajstić information content (AvgIpc) is 2.89. The standard InChI is InChI=1S/C27H30ClN5O5/c1-27(2,3)38-26(34)32-16-14-31(15-17-32)20-10-8-19(9-11-20)30(4)24-13-12-23(28)25(29-24)37-22-7-5-6-21(18-22)33(35)36/h5-13,18H,14-17H2,1-4H3. The van der Waals surface area contributed by atoms with Crippen LogP contribution in [0.15, 0.2) is 60.7 Å². The Morgan fingerprint density at radius 2 is 1.74 bits per heavy atom. The van der Waals surface area contributed by atoms with Crippen LogP contribution in [0.25, 0.3) is 0 Å². The summed E-state index contributed by atoms with van der Waals surface area (Å²) in [5.41, 5.74) is 1.37. The van der Waals surface area contributed by atoms with Crippen molar-refractivity contribution in [2.45, 2.75) is 26.4 Å². The summed E-state index contributed by atoms with van der Waals surface area (Å²) in [4.78, 5) is 33.3. The molecule has 38 heavy (non-hydrogen) atoms. The summed E-state index contributed by atoms with van der Waals surface area (Å²) < 4.78 is 11.2. The molecule has 0 saturated carbocycles. The lowest BCUT2D eigenvalue weighted by Crippen LogP contribution is -2.50. The van der Waals surface area contributed by atoms with Crippen LogP contribution in [0.5, 0.6) is 11.6 Å². The molecule has 0 unspecified atom stereocenters. The lowest BCUT2D eigenvalue weighted by molar-refractivity contribution is -0.384. The van der Waals surface area contributed by atoms with E-state index in [-0.39, 0.29) is 28.4 Å². The summed E-state index contributed by atoms with van der Waals surface area (Å²) in [6.45, 7) is 8.22. The Balaban J connectivity index is 1.41. The highest BCUT2D eigenvalue weighted by atomic mass is 35.5. The first kappa shape index (κ1) is 27.0. The van der Waals surface area contributed by atoms with Crippen LogP contribution in [0.4, 0.5) is 27.7 Å². The van der Waals surface area contributed by atoms with Gasteiger partial charge in [-0.2, -0.15) is 4.98 Å². The number of piperazine rings is 1. The summed E-state index contributed by atoms with van der Waals surface area (Å²) in [6.07, 6.45) is -0.279. The first-order valence-electron chi connectivity index (χ1n) is 12.2. The minimum absolute atomic E-state index is 0.0850. The number of benzene rings is 2. The maximum atomic E-state index is 12.3. The van der Waals surface area contributed by atoms with Crippen molar-refractivity contribution in [2.24, 2.45) is 0 Å². The molecule has 1 fully saturated rings. The van der Waals surface area contributed by atoms with E-state index in [2.05, 4.69) is 9.88 Å². The number of aromatic nitrogens is 1. The van der Waals surface area contributed by atoms with Crippen LogP contribution in [0.1, 0.15) is 20.8 Å². The number of halogens is 1. The van der Waals surface area contributed by atoms with Gasteiger partial charge in [-0.25, -0.2) is 4.79 Å². The highest BCUT2D eigenvalue weighted by Gasteiger charge is 2.26. The molecule has 4 rings (SSSR count). The molecular weight excluding hydrogens is 510 g/mol. The third-order valence-electron chi connectivity index (χ3n) is 5.92. The average molecular weight is 540 g/mol. The molecule has 2 aromatic carbocycles. The molecule has 10 nitrogen and oxygen atoms in total. The molecule has 0 atom stereocenters. The second kappa shape index (κ2) is 11.1. The van der Waals surface area contributed by atoms with Crippen LogP contribution in [0.2, 0.25) is 5.02 Å². The van der Waals surface area contributed by atoms with Gasteiger partial charge in [0.2, 0.25) is 5.88 Å². The fourth-order valence-electron chi connectivity index (χ4n) is 3.94. The van der Waals surface area contributed by atoms with Gasteiger partial charge in [0.15, 0.2) is 0 Å². The van der Waals surface area contributed by atoms with Crippen LogP contribution < -0.4 is 14.5 Å². The highest BCUT2D eigenvalue weighted by Crippen LogP contribution is 2.33. The number of anilines is 3. The van der Waals surface area contributed by atoms with Crippen LogP contribution in [-0.2, 0) is 4.74 Å². The van der Waals surface area contributed by atoms with Crippen molar-refractivity contribution in [1.82, 2.24) is 9.88 Å². The number of nitro groups is 1. The van der Waals surface area contributed by atoms with E-state index in [1.165, 1.54) is 18.2 Å². The molecule has 0 radical (unpaired) electrons. The fraction of sp³-hybridized carbons (Fsp3) is 0.333. The zero-order chi connectivity index (χ0) is 27.4. The predicted octanol–water partition coefficient (Wildman–Crippen LogP) is 6.26. The number of rotatable bonds is 6. The van der Waals surface area contributed by atoms with E-state index in [1.807, 2.05) is 57.0 Å². The molecular formula is C27H30ClN5O5. The van der Waals surface area contributed by atoms with Gasteiger partial charge in [0.25, 0.3) is 5.69 Å². The molecule has 11 heteroatoms. The summed E-state index contributed by atoms with van der Waals surface area (Å²) in [5.74, 6) is 1.01. The Morgan fingerprint density at radius 1 is 1.05 bits per heavy atom. The smallest absolute Gasteiger partial charge is 0.410 e. The number of carbonyl (C=O) groups is 1. The van der Waals surface area contributed by atoms with Crippen molar-refractivity contribution in [3.8, 4) is 11.6 Å². The van der Waals surface area contributed by atoms with Crippen LogP contribution in [0.3, 0.4) is 0 Å². The Bertz CT molecular complexity index is 1300. The van der Waals surface area contributed by atoms with Gasteiger partial charge < -0.3 is 24.2 Å². The van der Waals surface area contributed by atoms with Crippen LogP contribution in [-0.4, -0.2) is 59.7 Å². The van der Waals surface area contributed by atoms with Crippen molar-refractivity contribution in [1.29, 1.82) is 0 Å². The molecule has 0 aliphatic carbocycles. The SMILES string of the molecule is CN(c1ccc(N2CCN(C(=O)OC(C)(C)C)CC2)cc1)c1ccc(Cl)c(Oc2cccc([N+](=O)[O-])c2)n1. The van der Waals surface area contributed by atoms with Crippen LogP contribution in [0, 0.1) is 10.1 Å². The summed E-state index contributed by atoms with van der Waals surface area (Å²) in [5, 5.41) is 11.3.